The number of carbonyl (C=O) groups is 4. The predicted molar refractivity (Wildman–Crippen MR) is 194 cm³/mol. The zero-order valence-corrected chi connectivity index (χ0v) is 30.5. The summed E-state index contributed by atoms with van der Waals surface area (Å²) >= 11 is 1.95. The van der Waals surface area contributed by atoms with Crippen LogP contribution < -0.4 is 22.1 Å². The minimum atomic E-state index is -1.27. The van der Waals surface area contributed by atoms with Crippen LogP contribution in [-0.4, -0.2) is 120 Å². The number of carboxylic acid groups (broad SMARTS) is 1. The summed E-state index contributed by atoms with van der Waals surface area (Å²) in [6.45, 7) is 4.44. The molecule has 1 aromatic carbocycles. The van der Waals surface area contributed by atoms with E-state index in [1.165, 1.54) is 0 Å². The van der Waals surface area contributed by atoms with E-state index in [-0.39, 0.29) is 23.8 Å². The van der Waals surface area contributed by atoms with Gasteiger partial charge in [0.15, 0.2) is 5.78 Å². The lowest BCUT2D eigenvalue weighted by atomic mass is 9.94. The molecule has 2 aromatic rings. The van der Waals surface area contributed by atoms with Crippen LogP contribution in [0, 0.1) is 5.92 Å². The molecule has 2 aliphatic heterocycles. The number of nitrogens with zero attached hydrogens (tertiary/aromatic N) is 3. The number of thioether (sulfide) groups is 1. The van der Waals surface area contributed by atoms with Crippen LogP contribution in [0.25, 0.3) is 0 Å². The van der Waals surface area contributed by atoms with Crippen LogP contribution >= 0.6 is 11.8 Å². The Morgan fingerprint density at radius 2 is 1.81 bits per heavy atom. The number of ether oxygens (including phenoxy) is 4. The van der Waals surface area contributed by atoms with Crippen LogP contribution in [0.2, 0.25) is 0 Å². The second-order valence-electron chi connectivity index (χ2n) is 13.0. The van der Waals surface area contributed by atoms with Gasteiger partial charge in [-0.25, -0.2) is 4.68 Å². The molecule has 1 aromatic heterocycles. The number of hydrogen-bond donors (Lipinski definition) is 5. The number of ketones is 1. The zero-order valence-electron chi connectivity index (χ0n) is 29.7. The average Bonchev–Trinajstić information content (AvgIpc) is 3.83. The Labute approximate surface area is 308 Å². The maximum absolute atomic E-state index is 12.4. The maximum Gasteiger partial charge on any atom is 0.320 e. The quantitative estimate of drug-likeness (QED) is 0.0493. The van der Waals surface area contributed by atoms with E-state index >= 15 is 0 Å². The van der Waals surface area contributed by atoms with Gasteiger partial charge >= 0.3 is 5.97 Å². The van der Waals surface area contributed by atoms with Gasteiger partial charge in [0.25, 0.3) is 0 Å². The summed E-state index contributed by atoms with van der Waals surface area (Å²) in [6, 6.07) is 4.23. The lowest BCUT2D eigenvalue weighted by Gasteiger charge is -2.15. The maximum atomic E-state index is 12.4. The first kappa shape index (κ1) is 41.2. The number of fused-ring (bicyclic) bond motifs is 1. The number of nitrogen functional groups attached to an aromatic ring is 1. The van der Waals surface area contributed by atoms with E-state index in [1.54, 1.807) is 16.8 Å². The number of benzene rings is 1. The number of nitrogens with two attached hydrogens (primary N) is 2. The standard InChI is InChI=1S/C35H53N7O9S/c36-28-8-7-24(18-26(28)31(43)20-29(37)35(46)47)4-3-11-51-22-25-21-42(41-40-25)10-13-49-15-17-50-16-14-48-12-9-38-33(44)6-2-1-5-32-27-19-34(45)39-30(27)23-52-32/h7-8,18,21,27,29-30,32H,1-6,9-17,19-20,22-23,36-37H2,(H,38,44)(H,39,45)(H,46,47)/t27-,29-,30-,32-/m0/s1. The first-order chi connectivity index (χ1) is 25.2. The molecule has 2 amide bonds. The fourth-order valence-electron chi connectivity index (χ4n) is 6.08. The van der Waals surface area contributed by atoms with Gasteiger partial charge < -0.3 is 46.2 Å². The van der Waals surface area contributed by atoms with Crippen LogP contribution in [0.5, 0.6) is 0 Å². The van der Waals surface area contributed by atoms with E-state index < -0.39 is 17.8 Å². The number of carboxylic acids is 1. The van der Waals surface area contributed by atoms with Gasteiger partial charge in [-0.2, -0.15) is 11.8 Å². The van der Waals surface area contributed by atoms with E-state index in [1.807, 2.05) is 24.0 Å². The number of unbranched alkanes of at least 4 members (excludes halogenated alkanes) is 1. The molecule has 0 spiro atoms. The van der Waals surface area contributed by atoms with Crippen molar-refractivity contribution in [2.24, 2.45) is 11.7 Å². The van der Waals surface area contributed by atoms with E-state index in [0.717, 1.165) is 30.6 Å². The highest BCUT2D eigenvalue weighted by Gasteiger charge is 2.42. The number of Topliss-reactive ketones (excluding diaryl/α,β-unsaturated/α-hetero) is 1. The summed E-state index contributed by atoms with van der Waals surface area (Å²) in [5.74, 6) is 0.0584. The molecule has 3 heterocycles. The first-order valence-corrected chi connectivity index (χ1v) is 19.0. The first-order valence-electron chi connectivity index (χ1n) is 18.0. The summed E-state index contributed by atoms with van der Waals surface area (Å²) in [4.78, 5) is 47.1. The van der Waals surface area contributed by atoms with Crippen LogP contribution in [0.3, 0.4) is 0 Å². The summed E-state index contributed by atoms with van der Waals surface area (Å²) in [5.41, 5.74) is 13.6. The second-order valence-corrected chi connectivity index (χ2v) is 14.2. The molecule has 0 aliphatic carbocycles. The highest BCUT2D eigenvalue weighted by Crippen LogP contribution is 2.40. The van der Waals surface area contributed by atoms with Crippen LogP contribution in [0.1, 0.15) is 66.6 Å². The summed E-state index contributed by atoms with van der Waals surface area (Å²) in [5, 5.41) is 23.7. The fraction of sp³-hybridized carbons (Fsp3) is 0.657. The highest BCUT2D eigenvalue weighted by atomic mass is 32.2. The van der Waals surface area contributed by atoms with Gasteiger partial charge in [-0.15, -0.1) is 5.10 Å². The van der Waals surface area contributed by atoms with Crippen molar-refractivity contribution in [2.45, 2.75) is 81.9 Å². The van der Waals surface area contributed by atoms with Gasteiger partial charge in [-0.3, -0.25) is 19.2 Å². The fourth-order valence-corrected chi connectivity index (χ4v) is 7.73. The number of nitrogens with one attached hydrogen (secondary N) is 2. The van der Waals surface area contributed by atoms with Crippen molar-refractivity contribution in [3.8, 4) is 0 Å². The van der Waals surface area contributed by atoms with Gasteiger partial charge in [-0.1, -0.05) is 17.7 Å². The molecule has 2 fully saturated rings. The normalized spacial score (nSPS) is 18.6. The number of hydrogen-bond acceptors (Lipinski definition) is 13. The van der Waals surface area contributed by atoms with Crippen molar-refractivity contribution in [3.05, 3.63) is 41.2 Å². The van der Waals surface area contributed by atoms with Gasteiger partial charge in [0.2, 0.25) is 11.8 Å². The molecular formula is C35H53N7O9S. The predicted octanol–water partition coefficient (Wildman–Crippen LogP) is 1.34. The molecule has 52 heavy (non-hydrogen) atoms. The summed E-state index contributed by atoms with van der Waals surface area (Å²) in [6.07, 6.45) is 6.92. The molecule has 2 aliphatic rings. The van der Waals surface area contributed by atoms with E-state index in [2.05, 4.69) is 20.9 Å². The Balaban J connectivity index is 0.915. The molecule has 17 heteroatoms. The van der Waals surface area contributed by atoms with E-state index in [9.17, 15) is 19.2 Å². The second kappa shape index (κ2) is 22.5. The topological polar surface area (TPSA) is 232 Å². The smallest absolute Gasteiger partial charge is 0.320 e. The van der Waals surface area contributed by atoms with Crippen molar-refractivity contribution >= 4 is 41.0 Å². The number of anilines is 1. The van der Waals surface area contributed by atoms with Crippen LogP contribution in [-0.2, 0) is 52.9 Å². The Morgan fingerprint density at radius 3 is 2.60 bits per heavy atom. The van der Waals surface area contributed by atoms with Crippen molar-refractivity contribution in [1.82, 2.24) is 25.6 Å². The number of carbonyl (C=O) groups excluding carboxylic acids is 3. The summed E-state index contributed by atoms with van der Waals surface area (Å²) < 4.78 is 24.1. The van der Waals surface area contributed by atoms with E-state index in [4.69, 9.17) is 35.5 Å². The molecule has 7 N–H and O–H groups in total. The van der Waals surface area contributed by atoms with Gasteiger partial charge in [0.1, 0.15) is 11.7 Å². The molecule has 0 unspecified atom stereocenters. The van der Waals surface area contributed by atoms with Crippen LogP contribution in [0.4, 0.5) is 5.69 Å². The SMILES string of the molecule is Nc1ccc(CCCOCc2cn(CCOCCOCCOCCNC(=O)CCCC[C@@H]3SC[C@@H]4NC(=O)C[C@@H]43)nn2)cc1C(=O)C[C@H](N)C(=O)O. The molecule has 4 rings (SSSR count). The number of aryl methyl sites for hydroxylation is 1. The monoisotopic (exact) mass is 747 g/mol. The summed E-state index contributed by atoms with van der Waals surface area (Å²) in [7, 11) is 0. The molecule has 0 radical (unpaired) electrons. The minimum absolute atomic E-state index is 0.0423. The third-order valence-corrected chi connectivity index (χ3v) is 10.5. The van der Waals surface area contributed by atoms with Crippen molar-refractivity contribution in [2.75, 3.05) is 64.3 Å². The van der Waals surface area contributed by atoms with Gasteiger partial charge in [0, 0.05) is 66.6 Å². The van der Waals surface area contributed by atoms with Crippen molar-refractivity contribution in [3.63, 3.8) is 0 Å². The van der Waals surface area contributed by atoms with Gasteiger partial charge in [0.05, 0.1) is 59.0 Å². The molecular weight excluding hydrogens is 694 g/mol. The molecule has 0 bridgehead atoms. The van der Waals surface area contributed by atoms with Gasteiger partial charge in [-0.05, 0) is 43.4 Å². The number of aliphatic carboxylic acids is 1. The molecule has 16 nitrogen and oxygen atoms in total. The third kappa shape index (κ3) is 14.4. The van der Waals surface area contributed by atoms with Crippen molar-refractivity contribution < 1.29 is 43.2 Å². The van der Waals surface area contributed by atoms with E-state index in [0.29, 0.717) is 120 Å². The van der Waals surface area contributed by atoms with Crippen LogP contribution in [0.15, 0.2) is 24.4 Å². The number of rotatable bonds is 27. The Kier molecular flexibility index (Phi) is 17.8. The zero-order chi connectivity index (χ0) is 37.1. The van der Waals surface area contributed by atoms with Crippen molar-refractivity contribution in [1.29, 1.82) is 0 Å². The average molecular weight is 748 g/mol. The Morgan fingerprint density at radius 1 is 1.04 bits per heavy atom. The highest BCUT2D eigenvalue weighted by molar-refractivity contribution is 8.00. The third-order valence-electron chi connectivity index (χ3n) is 8.90. The lowest BCUT2D eigenvalue weighted by Crippen LogP contribution is -2.32. The number of aromatic nitrogens is 3. The molecule has 4 atom stereocenters. The Bertz CT molecular complexity index is 1450. The molecule has 288 valence electrons. The molecule has 2 saturated heterocycles. The lowest BCUT2D eigenvalue weighted by molar-refractivity contribution is -0.138. The number of amides is 2. The largest absolute Gasteiger partial charge is 0.480 e. The molecule has 0 saturated carbocycles. The minimum Gasteiger partial charge on any atom is -0.480 e. The Hall–Kier alpha value is -3.61.